The molecule has 0 unspecified atom stereocenters. The van der Waals surface area contributed by atoms with E-state index < -0.39 is 0 Å². The predicted molar refractivity (Wildman–Crippen MR) is 255 cm³/mol. The molecule has 0 spiro atoms. The molecule has 0 aromatic carbocycles. The minimum absolute atomic E-state index is 0.0188. The quantitative estimate of drug-likeness (QED) is 0.0409. The van der Waals surface area contributed by atoms with Crippen LogP contribution < -0.4 is 0 Å². The Bertz CT molecular complexity index is 616. The molecule has 0 aliphatic rings. The number of hydrogen-bond acceptors (Lipinski definition) is 4. The molecule has 0 saturated carbocycles. The minimum atomic E-state index is -0.0188. The standard InChI is InChI=1S/C29H57NO3.C11H24.3C3H8.C2H6/c1-4-5-6-7-8-15-20-27-33-29(32)22-17-12-10-14-19-24-30(25-26-31)23-18-13-9-11-16-21-28(2)3;1-4-5-6-7-8-9-10-11(2)3;3*1-3-2;1-2/h31H,2,4-27H2,1,3H3;11H,4-10H2,1-3H3;3*3H2,1-2H3;1-2H3. The fraction of sp³-hybridized carbons (Fsp3) is 0.941. The summed E-state index contributed by atoms with van der Waals surface area (Å²) in [5, 5.41) is 9.33. The van der Waals surface area contributed by atoms with E-state index in [0.717, 1.165) is 51.2 Å². The van der Waals surface area contributed by atoms with Gasteiger partial charge in [0.05, 0.1) is 13.2 Å². The van der Waals surface area contributed by atoms with Crippen molar-refractivity contribution in [2.75, 3.05) is 32.8 Å². The highest BCUT2D eigenvalue weighted by Crippen LogP contribution is 2.13. The predicted octanol–water partition coefficient (Wildman–Crippen LogP) is 17.5. The van der Waals surface area contributed by atoms with Crippen LogP contribution >= 0.6 is 0 Å². The highest BCUT2D eigenvalue weighted by atomic mass is 16.5. The van der Waals surface area contributed by atoms with E-state index in [2.05, 4.69) is 87.6 Å². The fourth-order valence-corrected chi connectivity index (χ4v) is 5.55. The number of unbranched alkanes of at least 4 members (excludes halogenated alkanes) is 19. The lowest BCUT2D eigenvalue weighted by molar-refractivity contribution is -0.143. The Kier molecular flexibility index (Phi) is 81.4. The highest BCUT2D eigenvalue weighted by molar-refractivity contribution is 5.69. The number of ether oxygens (including phenoxy) is 1. The van der Waals surface area contributed by atoms with E-state index in [1.54, 1.807) is 0 Å². The summed E-state index contributed by atoms with van der Waals surface area (Å²) >= 11 is 0. The Balaban J connectivity index is -0.000000222. The molecule has 0 aliphatic heterocycles. The van der Waals surface area contributed by atoms with Crippen LogP contribution in [0.15, 0.2) is 12.2 Å². The van der Waals surface area contributed by atoms with Gasteiger partial charge in [-0.2, -0.15) is 0 Å². The molecule has 4 heteroatoms. The van der Waals surface area contributed by atoms with Gasteiger partial charge in [0.15, 0.2) is 0 Å². The summed E-state index contributed by atoms with van der Waals surface area (Å²) in [6.07, 6.45) is 36.3. The average Bonchev–Trinajstić information content (AvgIpc) is 3.15. The van der Waals surface area contributed by atoms with E-state index in [4.69, 9.17) is 4.74 Å². The molecular weight excluding hydrogens is 675 g/mol. The summed E-state index contributed by atoms with van der Waals surface area (Å²) in [4.78, 5) is 14.2. The maximum atomic E-state index is 11.8. The number of rotatable bonds is 33. The summed E-state index contributed by atoms with van der Waals surface area (Å²) in [5.41, 5.74) is 1.29. The molecule has 1 N–H and O–H groups in total. The molecular formula is C51H111NO3. The van der Waals surface area contributed by atoms with E-state index in [0.29, 0.717) is 13.0 Å². The topological polar surface area (TPSA) is 49.8 Å². The molecule has 0 heterocycles. The van der Waals surface area contributed by atoms with Crippen LogP contribution in [-0.2, 0) is 9.53 Å². The van der Waals surface area contributed by atoms with Crippen LogP contribution in [0.4, 0.5) is 0 Å². The van der Waals surface area contributed by atoms with Crippen LogP contribution in [0.1, 0.15) is 276 Å². The molecule has 0 radical (unpaired) electrons. The maximum Gasteiger partial charge on any atom is 0.305 e. The van der Waals surface area contributed by atoms with Crippen molar-refractivity contribution in [2.24, 2.45) is 5.92 Å². The number of nitrogens with zero attached hydrogens (tertiary/aromatic N) is 1. The Hall–Kier alpha value is -0.870. The zero-order valence-electron chi connectivity index (χ0n) is 41.0. The van der Waals surface area contributed by atoms with Crippen molar-refractivity contribution in [2.45, 2.75) is 276 Å². The molecule has 0 fully saturated rings. The van der Waals surface area contributed by atoms with Gasteiger partial charge in [-0.05, 0) is 64.5 Å². The lowest BCUT2D eigenvalue weighted by Crippen LogP contribution is -2.29. The van der Waals surface area contributed by atoms with Gasteiger partial charge in [0.2, 0.25) is 0 Å². The van der Waals surface area contributed by atoms with Gasteiger partial charge in [0.1, 0.15) is 0 Å². The molecule has 0 saturated heterocycles. The van der Waals surface area contributed by atoms with E-state index in [1.807, 2.05) is 13.8 Å². The summed E-state index contributed by atoms with van der Waals surface area (Å²) in [6, 6.07) is 0. The van der Waals surface area contributed by atoms with Crippen molar-refractivity contribution in [3.63, 3.8) is 0 Å². The highest BCUT2D eigenvalue weighted by Gasteiger charge is 2.05. The Morgan fingerprint density at radius 2 is 0.873 bits per heavy atom. The second-order valence-corrected chi connectivity index (χ2v) is 16.0. The van der Waals surface area contributed by atoms with Crippen LogP contribution in [-0.4, -0.2) is 48.8 Å². The first kappa shape index (κ1) is 66.0. The van der Waals surface area contributed by atoms with Crippen molar-refractivity contribution in [3.05, 3.63) is 12.2 Å². The smallest absolute Gasteiger partial charge is 0.305 e. The average molecular weight is 786 g/mol. The zero-order chi connectivity index (χ0) is 43.1. The number of carbonyl (C=O) groups excluding carboxylic acids is 1. The third-order valence-corrected chi connectivity index (χ3v) is 8.50. The van der Waals surface area contributed by atoms with Gasteiger partial charge in [0.25, 0.3) is 0 Å². The van der Waals surface area contributed by atoms with Crippen LogP contribution in [0.5, 0.6) is 0 Å². The summed E-state index contributed by atoms with van der Waals surface area (Å²) in [7, 11) is 0. The monoisotopic (exact) mass is 786 g/mol. The summed E-state index contributed by atoms with van der Waals surface area (Å²) in [5.74, 6) is 0.885. The van der Waals surface area contributed by atoms with Crippen LogP contribution in [0, 0.1) is 5.92 Å². The van der Waals surface area contributed by atoms with Gasteiger partial charge < -0.3 is 14.7 Å². The van der Waals surface area contributed by atoms with Crippen molar-refractivity contribution < 1.29 is 14.6 Å². The maximum absolute atomic E-state index is 11.8. The Labute approximate surface area is 351 Å². The number of carbonyl (C=O) groups is 1. The van der Waals surface area contributed by atoms with E-state index in [9.17, 15) is 9.90 Å². The minimum Gasteiger partial charge on any atom is -0.466 e. The first-order valence-corrected chi connectivity index (χ1v) is 24.7. The fourth-order valence-electron chi connectivity index (χ4n) is 5.55. The Morgan fingerprint density at radius 3 is 1.25 bits per heavy atom. The molecule has 55 heavy (non-hydrogen) atoms. The van der Waals surface area contributed by atoms with Crippen molar-refractivity contribution >= 4 is 5.97 Å². The zero-order valence-corrected chi connectivity index (χ0v) is 41.0. The van der Waals surface area contributed by atoms with E-state index in [1.165, 1.54) is 160 Å². The third-order valence-electron chi connectivity index (χ3n) is 8.50. The second kappa shape index (κ2) is 67.8. The van der Waals surface area contributed by atoms with Crippen LogP contribution in [0.3, 0.4) is 0 Å². The number of aliphatic hydroxyl groups excluding tert-OH is 1. The molecule has 0 amide bonds. The molecule has 0 bridgehead atoms. The van der Waals surface area contributed by atoms with E-state index >= 15 is 0 Å². The SMILES string of the molecule is C=C(C)CCCCCCCN(CCO)CCCCCCCC(=O)OCCCCCCCCC.CC.CCC.CCC.CCC.CCCCCCCCC(C)C. The lowest BCUT2D eigenvalue weighted by atomic mass is 10.0. The van der Waals surface area contributed by atoms with Crippen molar-refractivity contribution in [1.82, 2.24) is 4.90 Å². The molecule has 338 valence electrons. The number of hydrogen-bond donors (Lipinski definition) is 1. The van der Waals surface area contributed by atoms with E-state index in [-0.39, 0.29) is 12.6 Å². The normalized spacial score (nSPS) is 10.0. The summed E-state index contributed by atoms with van der Waals surface area (Å²) < 4.78 is 5.36. The first-order chi connectivity index (χ1) is 26.6. The number of esters is 1. The second-order valence-electron chi connectivity index (χ2n) is 16.0. The molecule has 0 aromatic rings. The van der Waals surface area contributed by atoms with Gasteiger partial charge in [-0.25, -0.2) is 0 Å². The van der Waals surface area contributed by atoms with Crippen molar-refractivity contribution in [3.8, 4) is 0 Å². The molecule has 4 nitrogen and oxygen atoms in total. The number of allylic oxidation sites excluding steroid dienone is 1. The first-order valence-electron chi connectivity index (χ1n) is 24.7. The Morgan fingerprint density at radius 1 is 0.527 bits per heavy atom. The third kappa shape index (κ3) is 86.2. The van der Waals surface area contributed by atoms with Crippen LogP contribution in [0.25, 0.3) is 0 Å². The largest absolute Gasteiger partial charge is 0.466 e. The van der Waals surface area contributed by atoms with Gasteiger partial charge >= 0.3 is 5.97 Å². The lowest BCUT2D eigenvalue weighted by Gasteiger charge is -2.21. The molecule has 0 atom stereocenters. The molecule has 0 aromatic heterocycles. The molecule has 0 rings (SSSR count). The van der Waals surface area contributed by atoms with Gasteiger partial charge in [-0.15, -0.1) is 6.58 Å². The number of aliphatic hydroxyl groups is 1. The van der Waals surface area contributed by atoms with Gasteiger partial charge in [-0.3, -0.25) is 4.79 Å². The van der Waals surface area contributed by atoms with Crippen LogP contribution in [0.2, 0.25) is 0 Å². The summed E-state index contributed by atoms with van der Waals surface area (Å²) in [6.45, 7) is 35.8. The van der Waals surface area contributed by atoms with Gasteiger partial charge in [-0.1, -0.05) is 230 Å². The van der Waals surface area contributed by atoms with Crippen molar-refractivity contribution in [1.29, 1.82) is 0 Å². The van der Waals surface area contributed by atoms with Gasteiger partial charge in [0, 0.05) is 13.0 Å². The molecule has 0 aliphatic carbocycles.